The summed E-state index contributed by atoms with van der Waals surface area (Å²) in [5.41, 5.74) is 10.4. The summed E-state index contributed by atoms with van der Waals surface area (Å²) in [6.07, 6.45) is 5.00. The van der Waals surface area contributed by atoms with Gasteiger partial charge in [0.1, 0.15) is 0 Å². The van der Waals surface area contributed by atoms with E-state index >= 15 is 0 Å². The number of fused-ring (bicyclic) bond motifs is 2. The molecule has 2 atom stereocenters. The molecule has 2 aliphatic rings. The zero-order chi connectivity index (χ0) is 20.0. The molecule has 0 bridgehead atoms. The Bertz CT molecular complexity index is 1130. The van der Waals surface area contributed by atoms with Gasteiger partial charge < -0.3 is 9.41 Å². The number of rotatable bonds is 4. The van der Waals surface area contributed by atoms with Crippen molar-refractivity contribution < 1.29 is 32.6 Å². The fourth-order valence-corrected chi connectivity index (χ4v) is 12.5. The first kappa shape index (κ1) is 24.0. The molecular weight excluding hydrogens is 484 g/mol. The minimum absolute atomic E-state index is 0. The summed E-state index contributed by atoms with van der Waals surface area (Å²) < 4.78 is 1.39. The summed E-state index contributed by atoms with van der Waals surface area (Å²) in [6.45, 7) is 7.22. The van der Waals surface area contributed by atoms with Gasteiger partial charge in [0.2, 0.25) is 0 Å². The summed E-state index contributed by atoms with van der Waals surface area (Å²) >= 11 is -0.762. The van der Waals surface area contributed by atoms with Crippen LogP contribution in [0.5, 0.6) is 0 Å². The quantitative estimate of drug-likeness (QED) is 0.470. The topological polar surface area (TPSA) is 0 Å². The Kier molecular flexibility index (Phi) is 7.61. The molecule has 3 aromatic carbocycles. The van der Waals surface area contributed by atoms with E-state index in [9.17, 15) is 0 Å². The van der Waals surface area contributed by atoms with E-state index in [0.717, 1.165) is 3.63 Å². The molecule has 0 spiro atoms. The Balaban J connectivity index is 0.00000136. The molecule has 0 heterocycles. The molecule has 2 aliphatic carbocycles. The Hall–Kier alpha value is -1.69. The van der Waals surface area contributed by atoms with Crippen molar-refractivity contribution >= 4 is 20.1 Å². The van der Waals surface area contributed by atoms with Gasteiger partial charge in [0.05, 0.1) is 0 Å². The van der Waals surface area contributed by atoms with Crippen LogP contribution in [-0.2, 0) is 23.2 Å². The Morgan fingerprint density at radius 3 is 2.13 bits per heavy atom. The van der Waals surface area contributed by atoms with Crippen molar-refractivity contribution in [2.24, 2.45) is 0 Å². The molecule has 0 fully saturated rings. The number of hydrogen-bond donors (Lipinski definition) is 0. The Morgan fingerprint density at radius 1 is 0.710 bits per heavy atom. The van der Waals surface area contributed by atoms with Gasteiger partial charge in [0.25, 0.3) is 0 Å². The molecular formula is C27H25F2PZr. The van der Waals surface area contributed by atoms with Gasteiger partial charge in [-0.3, -0.25) is 0 Å². The molecule has 2 unspecified atom stereocenters. The summed E-state index contributed by atoms with van der Waals surface area (Å²) in [7, 11) is -0.0472. The predicted molar refractivity (Wildman–Crippen MR) is 124 cm³/mol. The molecule has 5 rings (SSSR count). The van der Waals surface area contributed by atoms with Crippen LogP contribution in [0.1, 0.15) is 36.4 Å². The molecule has 31 heavy (non-hydrogen) atoms. The van der Waals surface area contributed by atoms with Crippen molar-refractivity contribution in [3.8, 4) is 11.1 Å². The maximum absolute atomic E-state index is 2.52. The molecule has 0 saturated heterocycles. The molecule has 0 saturated carbocycles. The van der Waals surface area contributed by atoms with Crippen molar-refractivity contribution in [3.63, 3.8) is 0 Å². The molecule has 0 N–H and O–H groups in total. The van der Waals surface area contributed by atoms with Gasteiger partial charge in [0, 0.05) is 0 Å². The van der Waals surface area contributed by atoms with Gasteiger partial charge in [0.15, 0.2) is 0 Å². The SMILES string of the molecule is CC1=Cc2c(-c3ccccc3)cccc2[CH]1[Zr+2][CH]1C(P(C)C)=Cc2ccccc21.[F-].[F-]. The summed E-state index contributed by atoms with van der Waals surface area (Å²) in [5.74, 6) is 0. The van der Waals surface area contributed by atoms with Crippen molar-refractivity contribution in [2.75, 3.05) is 13.3 Å². The molecule has 3 aromatic rings. The smallest absolute Gasteiger partial charge is 1.00 e. The van der Waals surface area contributed by atoms with Crippen LogP contribution in [0, 0.1) is 0 Å². The van der Waals surface area contributed by atoms with E-state index in [-0.39, 0.29) is 17.3 Å². The van der Waals surface area contributed by atoms with Crippen LogP contribution in [-0.4, -0.2) is 13.3 Å². The number of benzene rings is 3. The van der Waals surface area contributed by atoms with E-state index < -0.39 is 23.2 Å². The number of halogens is 2. The molecule has 0 amide bonds. The van der Waals surface area contributed by atoms with Crippen LogP contribution in [0.4, 0.5) is 0 Å². The summed E-state index contributed by atoms with van der Waals surface area (Å²) in [5, 5.41) is 1.73. The first-order valence-corrected chi connectivity index (χ1v) is 15.3. The van der Waals surface area contributed by atoms with Gasteiger partial charge in [-0.15, -0.1) is 0 Å². The maximum atomic E-state index is 2.52. The van der Waals surface area contributed by atoms with Crippen LogP contribution in [0.25, 0.3) is 23.3 Å². The van der Waals surface area contributed by atoms with E-state index in [1.54, 1.807) is 22.0 Å². The Labute approximate surface area is 196 Å². The van der Waals surface area contributed by atoms with E-state index in [1.807, 2.05) is 0 Å². The number of hydrogen-bond acceptors (Lipinski definition) is 0. The first-order chi connectivity index (χ1) is 14.1. The van der Waals surface area contributed by atoms with Crippen LogP contribution < -0.4 is 9.41 Å². The van der Waals surface area contributed by atoms with Gasteiger partial charge >= 0.3 is 188 Å². The zero-order valence-corrected chi connectivity index (χ0v) is 21.3. The standard InChI is InChI=1S/C16H13.C11H12P.2FH.Zr/c1-12-10-14-8-5-9-15(16(14)11-12)13-6-3-2-4-7-13;1-12(2)11-7-9-5-3-4-6-10(9)8-11;;;/h2-11H,1H3;3-8H,1-2H3;2*1H;/q;;;;+2/p-2. The number of allylic oxidation sites excluding steroid dienone is 2. The monoisotopic (exact) mass is 508 g/mol. The van der Waals surface area contributed by atoms with Crippen LogP contribution >= 0.6 is 7.92 Å². The van der Waals surface area contributed by atoms with Crippen molar-refractivity contribution in [3.05, 3.63) is 106 Å². The molecule has 156 valence electrons. The molecule has 0 aliphatic heterocycles. The minimum atomic E-state index is -0.762. The van der Waals surface area contributed by atoms with E-state index in [0.29, 0.717) is 3.63 Å². The third-order valence-corrected chi connectivity index (χ3v) is 13.2. The van der Waals surface area contributed by atoms with E-state index in [2.05, 4.69) is 105 Å². The van der Waals surface area contributed by atoms with Crippen LogP contribution in [0.3, 0.4) is 0 Å². The molecule has 0 aromatic heterocycles. The molecule has 4 heteroatoms. The van der Waals surface area contributed by atoms with Gasteiger partial charge in [-0.1, -0.05) is 0 Å². The average Bonchev–Trinajstić information content (AvgIpc) is 3.27. The van der Waals surface area contributed by atoms with Crippen LogP contribution in [0.2, 0.25) is 0 Å². The fraction of sp³-hybridized carbons (Fsp3) is 0.185. The third-order valence-electron chi connectivity index (χ3n) is 6.12. The third kappa shape index (κ3) is 4.33. The normalized spacial score (nSPS) is 18.2. The van der Waals surface area contributed by atoms with Crippen molar-refractivity contribution in [1.82, 2.24) is 0 Å². The van der Waals surface area contributed by atoms with Crippen LogP contribution in [0.15, 0.2) is 83.7 Å². The molecule has 0 radical (unpaired) electrons. The van der Waals surface area contributed by atoms with E-state index in [4.69, 9.17) is 0 Å². The van der Waals surface area contributed by atoms with Crippen molar-refractivity contribution in [1.29, 1.82) is 0 Å². The van der Waals surface area contributed by atoms with Gasteiger partial charge in [-0.2, -0.15) is 0 Å². The van der Waals surface area contributed by atoms with Gasteiger partial charge in [-0.05, 0) is 0 Å². The second-order valence-corrected chi connectivity index (χ2v) is 14.2. The van der Waals surface area contributed by atoms with Gasteiger partial charge in [-0.25, -0.2) is 0 Å². The average molecular weight is 510 g/mol. The fourth-order valence-electron chi connectivity index (χ4n) is 4.68. The van der Waals surface area contributed by atoms with E-state index in [1.165, 1.54) is 22.3 Å². The summed E-state index contributed by atoms with van der Waals surface area (Å²) in [6, 6.07) is 26.9. The largest absolute Gasteiger partial charge is 1.00 e. The molecule has 0 nitrogen and oxygen atoms in total. The van der Waals surface area contributed by atoms with Crippen molar-refractivity contribution in [2.45, 2.75) is 14.2 Å². The zero-order valence-electron chi connectivity index (χ0n) is 17.9. The second-order valence-electron chi connectivity index (χ2n) is 8.19. The minimum Gasteiger partial charge on any atom is -1.00 e. The summed E-state index contributed by atoms with van der Waals surface area (Å²) in [4.78, 5) is 0. The second kappa shape index (κ2) is 9.85. The predicted octanol–water partition coefficient (Wildman–Crippen LogP) is 1.74. The maximum Gasteiger partial charge on any atom is -1.00 e. The first-order valence-electron chi connectivity index (χ1n) is 10.2. The Morgan fingerprint density at radius 2 is 1.39 bits per heavy atom.